The molecule has 0 amide bonds. The number of nitrogens with zero attached hydrogens (tertiary/aromatic N) is 4. The molecule has 1 aromatic rings. The maximum absolute atomic E-state index is 4.47. The summed E-state index contributed by atoms with van der Waals surface area (Å²) in [6, 6.07) is 0. The molecule has 23 heavy (non-hydrogen) atoms. The minimum atomic E-state index is 0. The lowest BCUT2D eigenvalue weighted by Crippen LogP contribution is -2.47. The molecule has 0 bridgehead atoms. The Morgan fingerprint density at radius 2 is 2.30 bits per heavy atom. The molecule has 1 aromatic heterocycles. The van der Waals surface area contributed by atoms with Gasteiger partial charge in [-0.25, -0.2) is 4.98 Å². The molecule has 5 nitrogen and oxygen atoms in total. The first-order valence-electron chi connectivity index (χ1n) is 8.21. The monoisotopic (exact) mass is 451 g/mol. The summed E-state index contributed by atoms with van der Waals surface area (Å²) in [5.41, 5.74) is 0. The van der Waals surface area contributed by atoms with E-state index in [0.717, 1.165) is 43.2 Å². The summed E-state index contributed by atoms with van der Waals surface area (Å²) in [6.45, 7) is 10.6. The molecule has 2 heterocycles. The van der Waals surface area contributed by atoms with Gasteiger partial charge in [0.2, 0.25) is 0 Å². The van der Waals surface area contributed by atoms with Crippen LogP contribution in [0.4, 0.5) is 0 Å². The van der Waals surface area contributed by atoms with Crippen molar-refractivity contribution in [3.63, 3.8) is 0 Å². The van der Waals surface area contributed by atoms with Crippen LogP contribution < -0.4 is 5.32 Å². The first kappa shape index (κ1) is 20.6. The van der Waals surface area contributed by atoms with E-state index in [1.54, 1.807) is 0 Å². The van der Waals surface area contributed by atoms with Gasteiger partial charge in [-0.15, -0.1) is 24.0 Å². The maximum Gasteiger partial charge on any atom is 0.194 e. The van der Waals surface area contributed by atoms with Crippen molar-refractivity contribution in [2.24, 2.45) is 10.9 Å². The summed E-state index contributed by atoms with van der Waals surface area (Å²) in [4.78, 5) is 11.3. The Morgan fingerprint density at radius 3 is 2.96 bits per heavy atom. The van der Waals surface area contributed by atoms with Gasteiger partial charge < -0.3 is 14.8 Å². The quantitative estimate of drug-likeness (QED) is 0.425. The van der Waals surface area contributed by atoms with Crippen molar-refractivity contribution in [1.82, 2.24) is 19.8 Å². The summed E-state index contributed by atoms with van der Waals surface area (Å²) < 4.78 is 2.23. The Bertz CT molecular complexity index is 489. The molecule has 0 radical (unpaired) electrons. The van der Waals surface area contributed by atoms with E-state index >= 15 is 0 Å². The lowest BCUT2D eigenvalue weighted by Gasteiger charge is -2.34. The van der Waals surface area contributed by atoms with Gasteiger partial charge in [0.15, 0.2) is 5.96 Å². The average molecular weight is 451 g/mol. The van der Waals surface area contributed by atoms with Crippen LogP contribution in [0.15, 0.2) is 17.4 Å². The first-order chi connectivity index (χ1) is 10.6. The Balaban J connectivity index is 0.00000264. The van der Waals surface area contributed by atoms with Gasteiger partial charge in [-0.2, -0.15) is 11.8 Å². The summed E-state index contributed by atoms with van der Waals surface area (Å²) in [7, 11) is 1.87. The molecule has 1 aliphatic rings. The Kier molecular flexibility index (Phi) is 9.34. The van der Waals surface area contributed by atoms with E-state index in [4.69, 9.17) is 0 Å². The van der Waals surface area contributed by atoms with E-state index in [-0.39, 0.29) is 24.0 Å². The molecular weight excluding hydrogens is 421 g/mol. The number of imidazole rings is 1. The minimum absolute atomic E-state index is 0. The van der Waals surface area contributed by atoms with Gasteiger partial charge in [0.05, 0.1) is 6.54 Å². The van der Waals surface area contributed by atoms with Gasteiger partial charge in [-0.05, 0) is 12.3 Å². The minimum Gasteiger partial charge on any atom is -0.349 e. The van der Waals surface area contributed by atoms with Crippen LogP contribution in [-0.2, 0) is 13.1 Å². The number of nitrogens with one attached hydrogen (secondary N) is 1. The van der Waals surface area contributed by atoms with Crippen LogP contribution in [0.2, 0.25) is 0 Å². The SMILES string of the molecule is CCC1CN(C(=NC)NCc2nccn2CC(C)C)CCS1.I. The molecule has 0 aromatic carbocycles. The molecule has 1 N–H and O–H groups in total. The van der Waals surface area contributed by atoms with Gasteiger partial charge >= 0.3 is 0 Å². The van der Waals surface area contributed by atoms with E-state index in [1.165, 1.54) is 12.2 Å². The number of guanidine groups is 1. The van der Waals surface area contributed by atoms with Gasteiger partial charge in [0.1, 0.15) is 5.82 Å². The molecule has 132 valence electrons. The third-order valence-electron chi connectivity index (χ3n) is 3.87. The first-order valence-corrected chi connectivity index (χ1v) is 9.26. The van der Waals surface area contributed by atoms with Crippen molar-refractivity contribution >= 4 is 41.7 Å². The Hall–Kier alpha value is -0.440. The third kappa shape index (κ3) is 6.17. The van der Waals surface area contributed by atoms with Crippen LogP contribution >= 0.6 is 35.7 Å². The number of aromatic nitrogens is 2. The Morgan fingerprint density at radius 1 is 1.52 bits per heavy atom. The highest BCUT2D eigenvalue weighted by Crippen LogP contribution is 2.21. The number of thioether (sulfide) groups is 1. The van der Waals surface area contributed by atoms with E-state index in [2.05, 4.69) is 63.5 Å². The fraction of sp³-hybridized carbons (Fsp3) is 0.750. The van der Waals surface area contributed by atoms with Crippen LogP contribution in [0, 0.1) is 5.92 Å². The van der Waals surface area contributed by atoms with Gasteiger partial charge in [-0.1, -0.05) is 20.8 Å². The van der Waals surface area contributed by atoms with Crippen LogP contribution in [0.25, 0.3) is 0 Å². The molecular formula is C16H30IN5S. The topological polar surface area (TPSA) is 45.4 Å². The van der Waals surface area contributed by atoms with E-state index in [9.17, 15) is 0 Å². The van der Waals surface area contributed by atoms with Crippen molar-refractivity contribution in [3.8, 4) is 0 Å². The van der Waals surface area contributed by atoms with Crippen LogP contribution in [0.5, 0.6) is 0 Å². The fourth-order valence-electron chi connectivity index (χ4n) is 2.72. The lowest BCUT2D eigenvalue weighted by molar-refractivity contribution is 0.406. The Labute approximate surface area is 161 Å². The van der Waals surface area contributed by atoms with E-state index < -0.39 is 0 Å². The van der Waals surface area contributed by atoms with Crippen LogP contribution in [0.3, 0.4) is 0 Å². The van der Waals surface area contributed by atoms with Crippen molar-refractivity contribution in [2.75, 3.05) is 25.9 Å². The standard InChI is InChI=1S/C16H29N5S.HI/c1-5-14-12-21(8-9-22-14)16(17-4)19-10-15-18-6-7-20(15)11-13(2)3;/h6-7,13-14H,5,8-12H2,1-4H3,(H,17,19);1H. The largest absolute Gasteiger partial charge is 0.349 e. The highest BCUT2D eigenvalue weighted by Gasteiger charge is 2.21. The molecule has 1 atom stereocenters. The van der Waals surface area contributed by atoms with Crippen LogP contribution in [0.1, 0.15) is 33.0 Å². The number of halogens is 1. The molecule has 1 aliphatic heterocycles. The molecule has 0 spiro atoms. The van der Waals surface area contributed by atoms with Gasteiger partial charge in [-0.3, -0.25) is 4.99 Å². The normalized spacial score (nSPS) is 18.9. The van der Waals surface area contributed by atoms with Gasteiger partial charge in [0, 0.05) is 50.1 Å². The predicted octanol–water partition coefficient (Wildman–Crippen LogP) is 3.06. The molecule has 0 saturated carbocycles. The summed E-state index contributed by atoms with van der Waals surface area (Å²) in [5.74, 6) is 3.88. The fourth-order valence-corrected chi connectivity index (χ4v) is 3.90. The second-order valence-electron chi connectivity index (χ2n) is 6.14. The van der Waals surface area contributed by atoms with Crippen LogP contribution in [-0.4, -0.2) is 51.6 Å². The van der Waals surface area contributed by atoms with Crippen molar-refractivity contribution in [1.29, 1.82) is 0 Å². The zero-order valence-electron chi connectivity index (χ0n) is 14.7. The molecule has 1 fully saturated rings. The summed E-state index contributed by atoms with van der Waals surface area (Å²) in [6.07, 6.45) is 5.16. The second kappa shape index (κ2) is 10.4. The number of hydrogen-bond donors (Lipinski definition) is 1. The van der Waals surface area contributed by atoms with Gasteiger partial charge in [0.25, 0.3) is 0 Å². The average Bonchev–Trinajstić information content (AvgIpc) is 2.94. The van der Waals surface area contributed by atoms with E-state index in [0.29, 0.717) is 5.92 Å². The van der Waals surface area contributed by atoms with Crippen molar-refractivity contribution in [3.05, 3.63) is 18.2 Å². The number of rotatable bonds is 5. The summed E-state index contributed by atoms with van der Waals surface area (Å²) in [5, 5.41) is 4.20. The van der Waals surface area contributed by atoms with Crippen molar-refractivity contribution < 1.29 is 0 Å². The lowest BCUT2D eigenvalue weighted by atomic mass is 10.2. The third-order valence-corrected chi connectivity index (χ3v) is 5.25. The molecule has 0 aliphatic carbocycles. The summed E-state index contributed by atoms with van der Waals surface area (Å²) >= 11 is 2.08. The molecule has 7 heteroatoms. The van der Waals surface area contributed by atoms with Crippen molar-refractivity contribution in [2.45, 2.75) is 45.5 Å². The highest BCUT2D eigenvalue weighted by atomic mass is 127. The smallest absolute Gasteiger partial charge is 0.194 e. The highest BCUT2D eigenvalue weighted by molar-refractivity contribution is 14.0. The number of hydrogen-bond acceptors (Lipinski definition) is 3. The molecule has 2 rings (SSSR count). The maximum atomic E-state index is 4.47. The zero-order chi connectivity index (χ0) is 15.9. The molecule has 1 saturated heterocycles. The van der Waals surface area contributed by atoms with E-state index in [1.807, 2.05) is 13.2 Å². The second-order valence-corrected chi connectivity index (χ2v) is 7.55. The predicted molar refractivity (Wildman–Crippen MR) is 111 cm³/mol. The number of aliphatic imine (C=N–C) groups is 1. The zero-order valence-corrected chi connectivity index (χ0v) is 17.8. The molecule has 1 unspecified atom stereocenters.